The van der Waals surface area contributed by atoms with Crippen LogP contribution in [-0.2, 0) is 0 Å². The second kappa shape index (κ2) is 5.99. The fourth-order valence-electron chi connectivity index (χ4n) is 2.10. The standard InChI is InChI=1S/C13H14BrN3OS2/c1-7-11(20-5-4-19-7)12-16-13(18-17-12)9-3-2-8(14)6-10(9)15/h2-3,6-7,11H,4-5,15H2,1H3. The monoisotopic (exact) mass is 371 g/mol. The first-order valence-electron chi connectivity index (χ1n) is 6.27. The third-order valence-corrected chi connectivity index (χ3v) is 6.71. The van der Waals surface area contributed by atoms with E-state index in [0.29, 0.717) is 22.1 Å². The van der Waals surface area contributed by atoms with Gasteiger partial charge in [-0.1, -0.05) is 28.0 Å². The second-order valence-electron chi connectivity index (χ2n) is 4.56. The van der Waals surface area contributed by atoms with Gasteiger partial charge in [-0.25, -0.2) is 0 Å². The number of nitrogens with two attached hydrogens (primary N) is 1. The van der Waals surface area contributed by atoms with Gasteiger partial charge in [-0.2, -0.15) is 16.7 Å². The zero-order chi connectivity index (χ0) is 14.1. The first-order valence-corrected chi connectivity index (χ1v) is 9.16. The number of aromatic nitrogens is 2. The van der Waals surface area contributed by atoms with Crippen molar-refractivity contribution in [3.8, 4) is 11.5 Å². The van der Waals surface area contributed by atoms with E-state index in [2.05, 4.69) is 33.0 Å². The average molecular weight is 372 g/mol. The number of thioether (sulfide) groups is 2. The summed E-state index contributed by atoms with van der Waals surface area (Å²) < 4.78 is 6.33. The van der Waals surface area contributed by atoms with Crippen molar-refractivity contribution in [3.63, 3.8) is 0 Å². The van der Waals surface area contributed by atoms with Gasteiger partial charge in [0, 0.05) is 26.9 Å². The molecule has 0 spiro atoms. The smallest absolute Gasteiger partial charge is 0.260 e. The zero-order valence-electron chi connectivity index (χ0n) is 10.9. The molecule has 0 amide bonds. The third kappa shape index (κ3) is 2.84. The van der Waals surface area contributed by atoms with Crippen molar-refractivity contribution >= 4 is 45.1 Å². The highest BCUT2D eigenvalue weighted by Crippen LogP contribution is 2.41. The van der Waals surface area contributed by atoms with Crippen molar-refractivity contribution < 1.29 is 4.52 Å². The Hall–Kier alpha value is -0.660. The topological polar surface area (TPSA) is 64.9 Å². The minimum Gasteiger partial charge on any atom is -0.398 e. The van der Waals surface area contributed by atoms with E-state index < -0.39 is 0 Å². The lowest BCUT2D eigenvalue weighted by Crippen LogP contribution is -2.16. The third-order valence-electron chi connectivity index (χ3n) is 3.13. The number of nitrogen functional groups attached to an aromatic ring is 1. The number of halogens is 1. The fourth-order valence-corrected chi connectivity index (χ4v) is 5.16. The maximum absolute atomic E-state index is 6.00. The highest BCUT2D eigenvalue weighted by Gasteiger charge is 2.28. The van der Waals surface area contributed by atoms with Crippen LogP contribution in [0.4, 0.5) is 5.69 Å². The van der Waals surface area contributed by atoms with Crippen molar-refractivity contribution in [1.82, 2.24) is 10.1 Å². The van der Waals surface area contributed by atoms with Crippen LogP contribution in [0, 0.1) is 0 Å². The normalized spacial score (nSPS) is 22.9. The first kappa shape index (κ1) is 14.3. The van der Waals surface area contributed by atoms with Gasteiger partial charge in [-0.3, -0.25) is 0 Å². The quantitative estimate of drug-likeness (QED) is 0.805. The number of hydrogen-bond donors (Lipinski definition) is 1. The molecule has 1 aliphatic heterocycles. The van der Waals surface area contributed by atoms with Gasteiger partial charge in [0.1, 0.15) is 0 Å². The van der Waals surface area contributed by atoms with E-state index in [-0.39, 0.29) is 0 Å². The molecule has 1 aliphatic rings. The summed E-state index contributed by atoms with van der Waals surface area (Å²) in [6.45, 7) is 2.21. The van der Waals surface area contributed by atoms with Gasteiger partial charge >= 0.3 is 0 Å². The van der Waals surface area contributed by atoms with E-state index in [1.54, 1.807) is 0 Å². The summed E-state index contributed by atoms with van der Waals surface area (Å²) in [5, 5.41) is 4.94. The Morgan fingerprint density at radius 2 is 2.15 bits per heavy atom. The molecule has 7 heteroatoms. The summed E-state index contributed by atoms with van der Waals surface area (Å²) in [6, 6.07) is 5.65. The minimum absolute atomic E-state index is 0.294. The number of anilines is 1. The summed E-state index contributed by atoms with van der Waals surface area (Å²) in [4.78, 5) is 4.54. The lowest BCUT2D eigenvalue weighted by atomic mass is 10.2. The van der Waals surface area contributed by atoms with Crippen LogP contribution in [-0.4, -0.2) is 26.9 Å². The maximum atomic E-state index is 6.00. The van der Waals surface area contributed by atoms with Crippen LogP contribution in [0.25, 0.3) is 11.5 Å². The predicted molar refractivity (Wildman–Crippen MR) is 89.0 cm³/mol. The molecule has 2 atom stereocenters. The minimum atomic E-state index is 0.294. The van der Waals surface area contributed by atoms with E-state index in [1.165, 1.54) is 5.75 Å². The molecule has 0 radical (unpaired) electrons. The molecule has 2 N–H and O–H groups in total. The van der Waals surface area contributed by atoms with Crippen LogP contribution < -0.4 is 5.73 Å². The van der Waals surface area contributed by atoms with Gasteiger partial charge < -0.3 is 10.3 Å². The van der Waals surface area contributed by atoms with E-state index in [4.69, 9.17) is 10.3 Å². The van der Waals surface area contributed by atoms with Gasteiger partial charge in [-0.15, -0.1) is 11.8 Å². The van der Waals surface area contributed by atoms with Crippen LogP contribution in [0.3, 0.4) is 0 Å². The summed E-state index contributed by atoms with van der Waals surface area (Å²) in [7, 11) is 0. The van der Waals surface area contributed by atoms with E-state index in [1.807, 2.05) is 41.7 Å². The molecule has 1 saturated heterocycles. The zero-order valence-corrected chi connectivity index (χ0v) is 14.1. The molecule has 3 rings (SSSR count). The lowest BCUT2D eigenvalue weighted by molar-refractivity contribution is 0.422. The molecule has 2 heterocycles. The average Bonchev–Trinajstić information content (AvgIpc) is 2.88. The Morgan fingerprint density at radius 1 is 1.35 bits per heavy atom. The van der Waals surface area contributed by atoms with Crippen molar-refractivity contribution in [1.29, 1.82) is 0 Å². The number of benzene rings is 1. The highest BCUT2D eigenvalue weighted by atomic mass is 79.9. The number of hydrogen-bond acceptors (Lipinski definition) is 6. The largest absolute Gasteiger partial charge is 0.398 e. The van der Waals surface area contributed by atoms with Crippen molar-refractivity contribution in [2.24, 2.45) is 0 Å². The van der Waals surface area contributed by atoms with E-state index in [0.717, 1.165) is 21.6 Å². The van der Waals surface area contributed by atoms with Gasteiger partial charge in [0.05, 0.1) is 10.8 Å². The molecule has 1 aromatic carbocycles. The number of nitrogens with zero attached hydrogens (tertiary/aromatic N) is 2. The van der Waals surface area contributed by atoms with Crippen LogP contribution in [0.2, 0.25) is 0 Å². The van der Waals surface area contributed by atoms with Crippen LogP contribution in [0.5, 0.6) is 0 Å². The van der Waals surface area contributed by atoms with E-state index in [9.17, 15) is 0 Å². The first-order chi connectivity index (χ1) is 9.65. The Kier molecular flexibility index (Phi) is 4.28. The highest BCUT2D eigenvalue weighted by molar-refractivity contribution is 9.10. The van der Waals surface area contributed by atoms with Crippen LogP contribution in [0.15, 0.2) is 27.2 Å². The molecule has 0 bridgehead atoms. The van der Waals surface area contributed by atoms with Gasteiger partial charge in [0.15, 0.2) is 5.82 Å². The summed E-state index contributed by atoms with van der Waals surface area (Å²) in [5.74, 6) is 3.58. The molecular weight excluding hydrogens is 358 g/mol. The maximum Gasteiger partial charge on any atom is 0.260 e. The Balaban J connectivity index is 1.89. The van der Waals surface area contributed by atoms with Crippen molar-refractivity contribution in [2.45, 2.75) is 17.4 Å². The molecular formula is C13H14BrN3OS2. The van der Waals surface area contributed by atoms with Crippen LogP contribution in [0.1, 0.15) is 18.0 Å². The molecule has 2 unspecified atom stereocenters. The summed E-state index contributed by atoms with van der Waals surface area (Å²) in [5.41, 5.74) is 7.42. The van der Waals surface area contributed by atoms with E-state index >= 15 is 0 Å². The molecule has 2 aromatic rings. The Labute approximate surface area is 134 Å². The molecule has 0 saturated carbocycles. The van der Waals surface area contributed by atoms with Crippen molar-refractivity contribution in [2.75, 3.05) is 17.2 Å². The second-order valence-corrected chi connectivity index (χ2v) is 8.21. The molecule has 1 fully saturated rings. The van der Waals surface area contributed by atoms with Gasteiger partial charge in [0.2, 0.25) is 0 Å². The number of rotatable bonds is 2. The van der Waals surface area contributed by atoms with Gasteiger partial charge in [0.25, 0.3) is 5.89 Å². The Morgan fingerprint density at radius 3 is 2.90 bits per heavy atom. The molecule has 0 aliphatic carbocycles. The SMILES string of the molecule is CC1SCCSC1c1noc(-c2ccc(Br)cc2N)n1. The Bertz CT molecular complexity index is 619. The molecule has 106 valence electrons. The molecule has 1 aromatic heterocycles. The van der Waals surface area contributed by atoms with Crippen LogP contribution >= 0.6 is 39.5 Å². The fraction of sp³-hybridized carbons (Fsp3) is 0.385. The van der Waals surface area contributed by atoms with Gasteiger partial charge in [-0.05, 0) is 18.2 Å². The predicted octanol–water partition coefficient (Wildman–Crippen LogP) is 3.99. The van der Waals surface area contributed by atoms with Crippen molar-refractivity contribution in [3.05, 3.63) is 28.5 Å². The molecule has 4 nitrogen and oxygen atoms in total. The summed E-state index contributed by atoms with van der Waals surface area (Å²) in [6.07, 6.45) is 0. The molecule has 20 heavy (non-hydrogen) atoms. The lowest BCUT2D eigenvalue weighted by Gasteiger charge is -2.24. The summed E-state index contributed by atoms with van der Waals surface area (Å²) >= 11 is 7.24.